The SMILES string of the molecule is COC(=O)c1c(NC(=S)Nc2nc3c(s2)CCCC3)sc2c1CCCCCC2. The molecule has 5 nitrogen and oxygen atoms in total. The van der Waals surface area contributed by atoms with Crippen molar-refractivity contribution in [2.24, 2.45) is 0 Å². The summed E-state index contributed by atoms with van der Waals surface area (Å²) >= 11 is 8.86. The van der Waals surface area contributed by atoms with Gasteiger partial charge in [0.2, 0.25) is 0 Å². The van der Waals surface area contributed by atoms with Gasteiger partial charge in [0.05, 0.1) is 18.4 Å². The lowest BCUT2D eigenvalue weighted by Crippen LogP contribution is -2.20. The molecule has 0 amide bonds. The molecular formula is C20H25N3O2S3. The lowest BCUT2D eigenvalue weighted by atomic mass is 9.96. The fourth-order valence-electron chi connectivity index (χ4n) is 3.96. The standard InChI is InChI=1S/C20H25N3O2S3/c1-25-18(24)16-12-8-4-2-3-5-10-14(12)27-17(16)22-19(26)23-20-21-13-9-6-7-11-15(13)28-20/h2-11H2,1H3,(H2,21,22,23,26). The number of fused-ring (bicyclic) bond motifs is 2. The molecule has 0 aliphatic heterocycles. The molecule has 0 radical (unpaired) electrons. The van der Waals surface area contributed by atoms with Crippen molar-refractivity contribution in [3.63, 3.8) is 0 Å². The number of esters is 1. The molecule has 0 spiro atoms. The van der Waals surface area contributed by atoms with Gasteiger partial charge in [0, 0.05) is 9.75 Å². The Hall–Kier alpha value is -1.51. The summed E-state index contributed by atoms with van der Waals surface area (Å²) in [4.78, 5) is 19.8. The number of thiophene rings is 1. The molecule has 0 saturated heterocycles. The number of thiocarbonyl (C=S) groups is 1. The molecule has 2 aliphatic carbocycles. The molecule has 2 aromatic heterocycles. The minimum absolute atomic E-state index is 0.284. The summed E-state index contributed by atoms with van der Waals surface area (Å²) < 4.78 is 5.08. The molecule has 28 heavy (non-hydrogen) atoms. The van der Waals surface area contributed by atoms with Crippen LogP contribution in [0, 0.1) is 0 Å². The lowest BCUT2D eigenvalue weighted by Gasteiger charge is -2.11. The van der Waals surface area contributed by atoms with Crippen molar-refractivity contribution >= 4 is 56.1 Å². The minimum atomic E-state index is -0.284. The number of carbonyl (C=O) groups is 1. The van der Waals surface area contributed by atoms with Crippen LogP contribution in [0.3, 0.4) is 0 Å². The smallest absolute Gasteiger partial charge is 0.341 e. The van der Waals surface area contributed by atoms with Crippen molar-refractivity contribution in [1.82, 2.24) is 4.98 Å². The van der Waals surface area contributed by atoms with Gasteiger partial charge in [-0.15, -0.1) is 22.7 Å². The summed E-state index contributed by atoms with van der Waals surface area (Å²) in [5.41, 5.74) is 3.01. The number of thiazole rings is 1. The number of nitrogens with zero attached hydrogens (tertiary/aromatic N) is 1. The van der Waals surface area contributed by atoms with Crippen LogP contribution in [-0.4, -0.2) is 23.2 Å². The summed E-state index contributed by atoms with van der Waals surface area (Å²) in [6.45, 7) is 0. The number of nitrogens with one attached hydrogen (secondary N) is 2. The predicted octanol–water partition coefficient (Wildman–Crippen LogP) is 5.34. The van der Waals surface area contributed by atoms with E-state index in [0.29, 0.717) is 10.7 Å². The van der Waals surface area contributed by atoms with Crippen molar-refractivity contribution < 1.29 is 9.53 Å². The van der Waals surface area contributed by atoms with Gasteiger partial charge >= 0.3 is 5.97 Å². The Kier molecular flexibility index (Phi) is 6.28. The summed E-state index contributed by atoms with van der Waals surface area (Å²) in [6.07, 6.45) is 11.3. The van der Waals surface area contributed by atoms with Crippen molar-refractivity contribution in [3.05, 3.63) is 26.6 Å². The van der Waals surface area contributed by atoms with Crippen molar-refractivity contribution in [3.8, 4) is 0 Å². The van der Waals surface area contributed by atoms with Crippen LogP contribution < -0.4 is 10.6 Å². The molecule has 0 unspecified atom stereocenters. The van der Waals surface area contributed by atoms with E-state index in [4.69, 9.17) is 17.0 Å². The Balaban J connectivity index is 1.54. The molecule has 0 atom stereocenters. The van der Waals surface area contributed by atoms with Crippen LogP contribution in [0.2, 0.25) is 0 Å². The first-order valence-electron chi connectivity index (χ1n) is 9.95. The number of methoxy groups -OCH3 is 1. The molecule has 0 saturated carbocycles. The number of hydrogen-bond donors (Lipinski definition) is 2. The first-order chi connectivity index (χ1) is 13.7. The van der Waals surface area contributed by atoms with Crippen LogP contribution in [-0.2, 0) is 30.4 Å². The van der Waals surface area contributed by atoms with E-state index < -0.39 is 0 Å². The highest BCUT2D eigenvalue weighted by molar-refractivity contribution is 7.80. The molecule has 2 heterocycles. The number of hydrogen-bond acceptors (Lipinski definition) is 6. The second-order valence-corrected chi connectivity index (χ2v) is 9.89. The number of aryl methyl sites for hydroxylation is 3. The third kappa shape index (κ3) is 4.23. The molecule has 0 aromatic carbocycles. The van der Waals surface area contributed by atoms with Crippen LogP contribution in [0.1, 0.15) is 69.9 Å². The van der Waals surface area contributed by atoms with Gasteiger partial charge in [-0.25, -0.2) is 9.78 Å². The Morgan fingerprint density at radius 1 is 0.964 bits per heavy atom. The predicted molar refractivity (Wildman–Crippen MR) is 120 cm³/mol. The molecular weight excluding hydrogens is 410 g/mol. The molecule has 0 fully saturated rings. The highest BCUT2D eigenvalue weighted by Crippen LogP contribution is 2.38. The fourth-order valence-corrected chi connectivity index (χ4v) is 6.63. The second kappa shape index (κ2) is 8.88. The van der Waals surface area contributed by atoms with Gasteiger partial charge < -0.3 is 15.4 Å². The van der Waals surface area contributed by atoms with Gasteiger partial charge in [-0.1, -0.05) is 12.8 Å². The summed E-state index contributed by atoms with van der Waals surface area (Å²) in [7, 11) is 1.44. The minimum Gasteiger partial charge on any atom is -0.465 e. The Morgan fingerprint density at radius 3 is 2.46 bits per heavy atom. The first-order valence-corrected chi connectivity index (χ1v) is 12.0. The van der Waals surface area contributed by atoms with Crippen LogP contribution in [0.25, 0.3) is 0 Å². The number of ether oxygens (including phenoxy) is 1. The molecule has 8 heteroatoms. The third-order valence-corrected chi connectivity index (χ3v) is 7.84. The zero-order valence-electron chi connectivity index (χ0n) is 16.1. The van der Waals surface area contributed by atoms with Crippen molar-refractivity contribution in [1.29, 1.82) is 0 Å². The Morgan fingerprint density at radius 2 is 1.68 bits per heavy atom. The van der Waals surface area contributed by atoms with Gasteiger partial charge in [0.25, 0.3) is 0 Å². The zero-order chi connectivity index (χ0) is 19.5. The first kappa shape index (κ1) is 19.8. The van der Waals surface area contributed by atoms with E-state index in [9.17, 15) is 4.79 Å². The van der Waals surface area contributed by atoms with E-state index in [-0.39, 0.29) is 5.97 Å². The monoisotopic (exact) mass is 435 g/mol. The maximum absolute atomic E-state index is 12.5. The average molecular weight is 436 g/mol. The molecule has 150 valence electrons. The highest BCUT2D eigenvalue weighted by Gasteiger charge is 2.25. The van der Waals surface area contributed by atoms with E-state index >= 15 is 0 Å². The Bertz CT molecular complexity index is 864. The highest BCUT2D eigenvalue weighted by atomic mass is 32.1. The van der Waals surface area contributed by atoms with Gasteiger partial charge in [0.1, 0.15) is 5.00 Å². The number of anilines is 2. The van der Waals surface area contributed by atoms with E-state index in [2.05, 4.69) is 15.6 Å². The molecule has 2 aliphatic rings. The van der Waals surface area contributed by atoms with Crippen LogP contribution in [0.5, 0.6) is 0 Å². The molecule has 2 N–H and O–H groups in total. The molecule has 0 bridgehead atoms. The maximum atomic E-state index is 12.5. The van der Waals surface area contributed by atoms with Gasteiger partial charge in [-0.05, 0) is 69.1 Å². The lowest BCUT2D eigenvalue weighted by molar-refractivity contribution is 0.0601. The fraction of sp³-hybridized carbons (Fsp3) is 0.550. The van der Waals surface area contributed by atoms with E-state index in [1.54, 1.807) is 22.7 Å². The average Bonchev–Trinajstić information content (AvgIpc) is 3.21. The summed E-state index contributed by atoms with van der Waals surface area (Å²) in [5, 5.41) is 8.58. The van der Waals surface area contributed by atoms with E-state index in [1.165, 1.54) is 54.7 Å². The topological polar surface area (TPSA) is 63.2 Å². The van der Waals surface area contributed by atoms with E-state index in [1.807, 2.05) is 0 Å². The van der Waals surface area contributed by atoms with Crippen LogP contribution in [0.4, 0.5) is 10.1 Å². The van der Waals surface area contributed by atoms with Crippen molar-refractivity contribution in [2.75, 3.05) is 17.7 Å². The largest absolute Gasteiger partial charge is 0.465 e. The normalized spacial score (nSPS) is 16.3. The van der Waals surface area contributed by atoms with E-state index in [0.717, 1.165) is 47.8 Å². The number of carbonyl (C=O) groups excluding carboxylic acids is 1. The van der Waals surface area contributed by atoms with Gasteiger partial charge in [-0.2, -0.15) is 0 Å². The van der Waals surface area contributed by atoms with Gasteiger partial charge in [0.15, 0.2) is 10.2 Å². The summed E-state index contributed by atoms with van der Waals surface area (Å²) in [5.74, 6) is -0.284. The quantitative estimate of drug-likeness (QED) is 0.501. The van der Waals surface area contributed by atoms with Crippen LogP contribution >= 0.6 is 34.9 Å². The number of rotatable bonds is 3. The maximum Gasteiger partial charge on any atom is 0.341 e. The van der Waals surface area contributed by atoms with Crippen molar-refractivity contribution in [2.45, 2.75) is 64.2 Å². The third-order valence-electron chi connectivity index (χ3n) is 5.35. The van der Waals surface area contributed by atoms with Gasteiger partial charge in [-0.3, -0.25) is 0 Å². The summed E-state index contributed by atoms with van der Waals surface area (Å²) in [6, 6.07) is 0. The molecule has 2 aromatic rings. The molecule has 4 rings (SSSR count). The second-order valence-electron chi connectivity index (χ2n) is 7.29. The zero-order valence-corrected chi connectivity index (χ0v) is 18.5. The Labute approximate surface area is 178 Å². The van der Waals surface area contributed by atoms with Crippen LogP contribution in [0.15, 0.2) is 0 Å². The number of aromatic nitrogens is 1.